The molecule has 3 rings (SSSR count). The van der Waals surface area contributed by atoms with Crippen LogP contribution in [-0.2, 0) is 17.8 Å². The third-order valence-electron chi connectivity index (χ3n) is 4.18. The molecule has 1 N–H and O–H groups in total. The average Bonchev–Trinajstić information content (AvgIpc) is 3.04. The van der Waals surface area contributed by atoms with Gasteiger partial charge in [0.05, 0.1) is 23.9 Å². The number of rotatable bonds is 8. The largest absolute Gasteiger partial charge is 0.496 e. The number of para-hydroxylation sites is 3. The molecule has 0 radical (unpaired) electrons. The molecule has 0 aliphatic rings. The van der Waals surface area contributed by atoms with E-state index in [4.69, 9.17) is 4.74 Å². The number of carbonyl (C=O) groups is 1. The second-order valence-electron chi connectivity index (χ2n) is 5.83. The summed E-state index contributed by atoms with van der Waals surface area (Å²) in [6.45, 7) is 3.51. The Balaban J connectivity index is 1.53. The number of methoxy groups -OCH3 is 1. The lowest BCUT2D eigenvalue weighted by Gasteiger charge is -2.09. The van der Waals surface area contributed by atoms with E-state index in [1.165, 1.54) is 11.8 Å². The van der Waals surface area contributed by atoms with Crippen LogP contribution in [0.3, 0.4) is 0 Å². The molecule has 136 valence electrons. The SMILES string of the molecule is CCn1c(SCC(=O)NCCc2ccccc2OC)nc2ccccc21. The third-order valence-corrected chi connectivity index (χ3v) is 5.15. The second kappa shape index (κ2) is 8.76. The van der Waals surface area contributed by atoms with Crippen molar-refractivity contribution in [3.63, 3.8) is 0 Å². The predicted molar refractivity (Wildman–Crippen MR) is 106 cm³/mol. The topological polar surface area (TPSA) is 56.2 Å². The van der Waals surface area contributed by atoms with Crippen molar-refractivity contribution in [3.8, 4) is 5.75 Å². The molecule has 0 saturated heterocycles. The minimum absolute atomic E-state index is 0.0135. The second-order valence-corrected chi connectivity index (χ2v) is 6.77. The van der Waals surface area contributed by atoms with Crippen LogP contribution in [0.15, 0.2) is 53.7 Å². The molecule has 0 fully saturated rings. The number of hydrogen-bond donors (Lipinski definition) is 1. The van der Waals surface area contributed by atoms with Gasteiger partial charge in [-0.1, -0.05) is 42.1 Å². The molecule has 1 aromatic heterocycles. The van der Waals surface area contributed by atoms with Crippen molar-refractivity contribution in [1.82, 2.24) is 14.9 Å². The van der Waals surface area contributed by atoms with Gasteiger partial charge in [-0.3, -0.25) is 4.79 Å². The molecular weight excluding hydrogens is 346 g/mol. The smallest absolute Gasteiger partial charge is 0.230 e. The molecule has 0 aliphatic carbocycles. The van der Waals surface area contributed by atoms with Crippen molar-refractivity contribution < 1.29 is 9.53 Å². The molecule has 26 heavy (non-hydrogen) atoms. The van der Waals surface area contributed by atoms with E-state index in [1.54, 1.807) is 7.11 Å². The van der Waals surface area contributed by atoms with Gasteiger partial charge in [0.2, 0.25) is 5.91 Å². The maximum atomic E-state index is 12.2. The fourth-order valence-corrected chi connectivity index (χ4v) is 3.80. The van der Waals surface area contributed by atoms with Gasteiger partial charge in [0.25, 0.3) is 0 Å². The number of hydrogen-bond acceptors (Lipinski definition) is 4. The first-order chi connectivity index (χ1) is 12.7. The molecule has 0 unspecified atom stereocenters. The molecule has 3 aromatic rings. The highest BCUT2D eigenvalue weighted by molar-refractivity contribution is 7.99. The summed E-state index contributed by atoms with van der Waals surface area (Å²) >= 11 is 1.47. The van der Waals surface area contributed by atoms with E-state index in [1.807, 2.05) is 42.5 Å². The molecule has 0 spiro atoms. The van der Waals surface area contributed by atoms with Gasteiger partial charge in [-0.25, -0.2) is 4.98 Å². The maximum absolute atomic E-state index is 12.2. The number of imidazole rings is 1. The van der Waals surface area contributed by atoms with Crippen LogP contribution in [0.5, 0.6) is 5.75 Å². The minimum atomic E-state index is 0.0135. The number of thioether (sulfide) groups is 1. The maximum Gasteiger partial charge on any atom is 0.230 e. The fraction of sp³-hybridized carbons (Fsp3) is 0.300. The Morgan fingerprint density at radius 2 is 1.96 bits per heavy atom. The monoisotopic (exact) mass is 369 g/mol. The number of fused-ring (bicyclic) bond motifs is 1. The van der Waals surface area contributed by atoms with Crippen LogP contribution in [0, 0.1) is 0 Å². The summed E-state index contributed by atoms with van der Waals surface area (Å²) in [5.74, 6) is 1.22. The van der Waals surface area contributed by atoms with Gasteiger partial charge >= 0.3 is 0 Å². The third kappa shape index (κ3) is 4.19. The number of aromatic nitrogens is 2. The Kier molecular flexibility index (Phi) is 6.17. The summed E-state index contributed by atoms with van der Waals surface area (Å²) in [7, 11) is 1.66. The van der Waals surface area contributed by atoms with E-state index < -0.39 is 0 Å². The zero-order valence-electron chi connectivity index (χ0n) is 15.1. The molecule has 5 nitrogen and oxygen atoms in total. The number of carbonyl (C=O) groups excluding carboxylic acids is 1. The Morgan fingerprint density at radius 1 is 1.19 bits per heavy atom. The van der Waals surface area contributed by atoms with Crippen LogP contribution in [0.25, 0.3) is 11.0 Å². The van der Waals surface area contributed by atoms with E-state index in [0.29, 0.717) is 12.3 Å². The first-order valence-corrected chi connectivity index (χ1v) is 9.68. The number of benzene rings is 2. The Bertz CT molecular complexity index is 892. The molecule has 1 heterocycles. The number of aryl methyl sites for hydroxylation is 1. The van der Waals surface area contributed by atoms with Gasteiger partial charge in [-0.15, -0.1) is 0 Å². The minimum Gasteiger partial charge on any atom is -0.496 e. The van der Waals surface area contributed by atoms with Crippen molar-refractivity contribution in [2.45, 2.75) is 25.0 Å². The van der Waals surface area contributed by atoms with E-state index >= 15 is 0 Å². The molecular formula is C20H23N3O2S. The van der Waals surface area contributed by atoms with Gasteiger partial charge in [-0.2, -0.15) is 0 Å². The molecule has 2 aromatic carbocycles. The predicted octanol–water partition coefficient (Wildman–Crippen LogP) is 3.52. The van der Waals surface area contributed by atoms with Gasteiger partial charge < -0.3 is 14.6 Å². The van der Waals surface area contributed by atoms with Crippen molar-refractivity contribution in [1.29, 1.82) is 0 Å². The van der Waals surface area contributed by atoms with Crippen molar-refractivity contribution in [2.75, 3.05) is 19.4 Å². The molecule has 0 atom stereocenters. The van der Waals surface area contributed by atoms with Crippen LogP contribution < -0.4 is 10.1 Å². The van der Waals surface area contributed by atoms with E-state index in [0.717, 1.165) is 40.5 Å². The van der Waals surface area contributed by atoms with E-state index in [9.17, 15) is 4.79 Å². The number of nitrogens with zero attached hydrogens (tertiary/aromatic N) is 2. The zero-order valence-corrected chi connectivity index (χ0v) is 15.9. The van der Waals surface area contributed by atoms with Crippen LogP contribution >= 0.6 is 11.8 Å². The van der Waals surface area contributed by atoms with Crippen molar-refractivity contribution in [3.05, 3.63) is 54.1 Å². The number of nitrogens with one attached hydrogen (secondary N) is 1. The first kappa shape index (κ1) is 18.3. The molecule has 0 saturated carbocycles. The van der Waals surface area contributed by atoms with E-state index in [-0.39, 0.29) is 5.91 Å². The lowest BCUT2D eigenvalue weighted by atomic mass is 10.1. The standard InChI is InChI=1S/C20H23N3O2S/c1-3-23-17-10-6-5-9-16(17)22-20(23)26-14-19(24)21-13-12-15-8-4-7-11-18(15)25-2/h4-11H,3,12-14H2,1-2H3,(H,21,24). The normalized spacial score (nSPS) is 10.8. The summed E-state index contributed by atoms with van der Waals surface area (Å²) < 4.78 is 7.48. The fourth-order valence-electron chi connectivity index (χ4n) is 2.90. The quantitative estimate of drug-likeness (QED) is 0.617. The van der Waals surface area contributed by atoms with E-state index in [2.05, 4.69) is 27.9 Å². The van der Waals surface area contributed by atoms with Crippen molar-refractivity contribution in [2.24, 2.45) is 0 Å². The highest BCUT2D eigenvalue weighted by atomic mass is 32.2. The molecule has 0 bridgehead atoms. The van der Waals surface area contributed by atoms with Gasteiger partial charge in [0, 0.05) is 13.1 Å². The first-order valence-electron chi connectivity index (χ1n) is 8.69. The van der Waals surface area contributed by atoms with Crippen LogP contribution in [0.1, 0.15) is 12.5 Å². The highest BCUT2D eigenvalue weighted by Gasteiger charge is 2.11. The molecule has 0 aliphatic heterocycles. The van der Waals surface area contributed by atoms with Crippen LogP contribution in [-0.4, -0.2) is 34.9 Å². The lowest BCUT2D eigenvalue weighted by Crippen LogP contribution is -2.27. The van der Waals surface area contributed by atoms with Crippen molar-refractivity contribution >= 4 is 28.7 Å². The van der Waals surface area contributed by atoms with Gasteiger partial charge in [0.1, 0.15) is 5.75 Å². The van der Waals surface area contributed by atoms with Crippen LogP contribution in [0.2, 0.25) is 0 Å². The highest BCUT2D eigenvalue weighted by Crippen LogP contribution is 2.23. The average molecular weight is 369 g/mol. The van der Waals surface area contributed by atoms with Gasteiger partial charge in [0.15, 0.2) is 5.16 Å². The Hall–Kier alpha value is -2.47. The zero-order chi connectivity index (χ0) is 18.4. The van der Waals surface area contributed by atoms with Gasteiger partial charge in [-0.05, 0) is 37.1 Å². The molecule has 6 heteroatoms. The summed E-state index contributed by atoms with van der Waals surface area (Å²) in [6, 6.07) is 15.9. The number of amides is 1. The lowest BCUT2D eigenvalue weighted by molar-refractivity contribution is -0.118. The number of ether oxygens (including phenoxy) is 1. The summed E-state index contributed by atoms with van der Waals surface area (Å²) in [6.07, 6.45) is 0.744. The summed E-state index contributed by atoms with van der Waals surface area (Å²) in [4.78, 5) is 16.8. The summed E-state index contributed by atoms with van der Waals surface area (Å²) in [5, 5.41) is 3.85. The summed E-state index contributed by atoms with van der Waals surface area (Å²) in [5.41, 5.74) is 3.17. The Morgan fingerprint density at radius 3 is 2.77 bits per heavy atom. The van der Waals surface area contributed by atoms with Crippen LogP contribution in [0.4, 0.5) is 0 Å². The Labute approximate surface area is 157 Å². The molecule has 1 amide bonds.